The molecule has 4 aromatic rings. The Bertz CT molecular complexity index is 1230. The van der Waals surface area contributed by atoms with Crippen LogP contribution in [-0.4, -0.2) is 12.5 Å². The van der Waals surface area contributed by atoms with Gasteiger partial charge in [-0.25, -0.2) is 9.18 Å². The zero-order chi connectivity index (χ0) is 20.2. The number of carbonyl (C=O) groups is 1. The number of benzene rings is 3. The van der Waals surface area contributed by atoms with Gasteiger partial charge in [0.05, 0.1) is 5.69 Å². The Morgan fingerprint density at radius 2 is 1.72 bits per heavy atom. The fourth-order valence-corrected chi connectivity index (χ4v) is 2.99. The Hall–Kier alpha value is -3.93. The van der Waals surface area contributed by atoms with Crippen LogP contribution < -0.4 is 15.7 Å². The van der Waals surface area contributed by atoms with Crippen LogP contribution >= 0.6 is 0 Å². The van der Waals surface area contributed by atoms with Gasteiger partial charge in [-0.15, -0.1) is 0 Å². The molecule has 5 nitrogen and oxygen atoms in total. The SMILES string of the molecule is O=C(COc1ccc2c(-c3ccccc3)cc(=O)oc2c1)Nc1ccccc1F. The number of halogens is 1. The van der Waals surface area contributed by atoms with Crippen molar-refractivity contribution in [3.8, 4) is 16.9 Å². The minimum atomic E-state index is -0.526. The number of rotatable bonds is 5. The van der Waals surface area contributed by atoms with Crippen molar-refractivity contribution in [3.63, 3.8) is 0 Å². The first-order valence-corrected chi connectivity index (χ1v) is 8.91. The van der Waals surface area contributed by atoms with Gasteiger partial charge >= 0.3 is 5.63 Å². The van der Waals surface area contributed by atoms with Crippen molar-refractivity contribution < 1.29 is 18.3 Å². The molecule has 3 aromatic carbocycles. The minimum absolute atomic E-state index is 0.0816. The number of carbonyl (C=O) groups excluding carboxylic acids is 1. The molecule has 1 aromatic heterocycles. The lowest BCUT2D eigenvalue weighted by Crippen LogP contribution is -2.20. The summed E-state index contributed by atoms with van der Waals surface area (Å²) < 4.78 is 24.4. The number of amides is 1. The third-order valence-corrected chi connectivity index (χ3v) is 4.32. The van der Waals surface area contributed by atoms with Gasteiger partial charge in [0.1, 0.15) is 17.1 Å². The summed E-state index contributed by atoms with van der Waals surface area (Å²) in [6.07, 6.45) is 0. The summed E-state index contributed by atoms with van der Waals surface area (Å²) in [5, 5.41) is 3.19. The summed E-state index contributed by atoms with van der Waals surface area (Å²) >= 11 is 0. The molecule has 0 spiro atoms. The topological polar surface area (TPSA) is 68.5 Å². The van der Waals surface area contributed by atoms with Crippen molar-refractivity contribution in [2.45, 2.75) is 0 Å². The fraction of sp³-hybridized carbons (Fsp3) is 0.0435. The van der Waals surface area contributed by atoms with Gasteiger partial charge in [-0.05, 0) is 35.4 Å². The monoisotopic (exact) mass is 389 g/mol. The standard InChI is InChI=1S/C23H16FNO4/c24-19-8-4-5-9-20(19)25-22(26)14-28-16-10-11-17-18(15-6-2-1-3-7-15)13-23(27)29-21(17)12-16/h1-13H,14H2,(H,25,26). The van der Waals surface area contributed by atoms with Gasteiger partial charge < -0.3 is 14.5 Å². The first kappa shape index (κ1) is 18.4. The van der Waals surface area contributed by atoms with Crippen LogP contribution in [-0.2, 0) is 4.79 Å². The van der Waals surface area contributed by atoms with E-state index in [-0.39, 0.29) is 12.3 Å². The van der Waals surface area contributed by atoms with Crippen LogP contribution in [0.25, 0.3) is 22.1 Å². The molecule has 0 aliphatic carbocycles. The van der Waals surface area contributed by atoms with Gasteiger partial charge in [0.25, 0.3) is 5.91 Å². The third kappa shape index (κ3) is 4.16. The molecule has 0 saturated carbocycles. The lowest BCUT2D eigenvalue weighted by molar-refractivity contribution is -0.118. The van der Waals surface area contributed by atoms with Crippen molar-refractivity contribution in [1.29, 1.82) is 0 Å². The van der Waals surface area contributed by atoms with Crippen LogP contribution in [0.5, 0.6) is 5.75 Å². The first-order chi connectivity index (χ1) is 14.1. The van der Waals surface area contributed by atoms with Crippen molar-refractivity contribution in [1.82, 2.24) is 0 Å². The maximum absolute atomic E-state index is 13.6. The Kier molecular flexibility index (Phi) is 5.07. The van der Waals surface area contributed by atoms with Crippen molar-refractivity contribution in [2.24, 2.45) is 0 Å². The zero-order valence-corrected chi connectivity index (χ0v) is 15.2. The zero-order valence-electron chi connectivity index (χ0n) is 15.2. The Morgan fingerprint density at radius 1 is 0.966 bits per heavy atom. The lowest BCUT2D eigenvalue weighted by Gasteiger charge is -2.10. The summed E-state index contributed by atoms with van der Waals surface area (Å²) in [5.74, 6) is -0.675. The highest BCUT2D eigenvalue weighted by Crippen LogP contribution is 2.29. The summed E-state index contributed by atoms with van der Waals surface area (Å²) in [7, 11) is 0. The van der Waals surface area contributed by atoms with E-state index in [2.05, 4.69) is 5.32 Å². The maximum Gasteiger partial charge on any atom is 0.336 e. The van der Waals surface area contributed by atoms with Gasteiger partial charge in [-0.2, -0.15) is 0 Å². The van der Waals surface area contributed by atoms with E-state index in [1.807, 2.05) is 30.3 Å². The van der Waals surface area contributed by atoms with Crippen LogP contribution in [0.15, 0.2) is 88.1 Å². The molecule has 0 unspecified atom stereocenters. The molecule has 6 heteroatoms. The van der Waals surface area contributed by atoms with E-state index in [9.17, 15) is 14.0 Å². The fourth-order valence-electron chi connectivity index (χ4n) is 2.99. The van der Waals surface area contributed by atoms with Crippen LogP contribution in [0.1, 0.15) is 0 Å². The molecule has 0 bridgehead atoms. The van der Waals surface area contributed by atoms with Gasteiger partial charge in [-0.3, -0.25) is 4.79 Å². The van der Waals surface area contributed by atoms with Crippen molar-refractivity contribution >= 4 is 22.6 Å². The van der Waals surface area contributed by atoms with Gasteiger partial charge in [0.15, 0.2) is 6.61 Å². The second kappa shape index (κ2) is 7.98. The third-order valence-electron chi connectivity index (χ3n) is 4.32. The van der Waals surface area contributed by atoms with Crippen molar-refractivity contribution in [3.05, 3.63) is 95.1 Å². The molecule has 0 saturated heterocycles. The average molecular weight is 389 g/mol. The molecule has 1 amide bonds. The first-order valence-electron chi connectivity index (χ1n) is 8.91. The van der Waals surface area contributed by atoms with E-state index >= 15 is 0 Å². The molecule has 0 atom stereocenters. The van der Waals surface area contributed by atoms with E-state index in [1.165, 1.54) is 24.3 Å². The molecular formula is C23H16FNO4. The van der Waals surface area contributed by atoms with Crippen LogP contribution in [0.2, 0.25) is 0 Å². The predicted molar refractivity (Wildman–Crippen MR) is 108 cm³/mol. The number of ether oxygens (including phenoxy) is 1. The number of nitrogens with one attached hydrogen (secondary N) is 1. The summed E-state index contributed by atoms with van der Waals surface area (Å²) in [4.78, 5) is 24.0. The van der Waals surface area contributed by atoms with Crippen LogP contribution in [0.4, 0.5) is 10.1 Å². The van der Waals surface area contributed by atoms with E-state index < -0.39 is 17.3 Å². The van der Waals surface area contributed by atoms with E-state index in [1.54, 1.807) is 24.3 Å². The van der Waals surface area contributed by atoms with Crippen LogP contribution in [0.3, 0.4) is 0 Å². The molecule has 144 valence electrons. The Morgan fingerprint density at radius 3 is 2.52 bits per heavy atom. The van der Waals surface area contributed by atoms with Gasteiger partial charge in [0, 0.05) is 17.5 Å². The highest BCUT2D eigenvalue weighted by molar-refractivity contribution is 5.94. The van der Waals surface area contributed by atoms with E-state index in [4.69, 9.17) is 9.15 Å². The Labute approximate surface area is 165 Å². The summed E-state index contributed by atoms with van der Waals surface area (Å²) in [6, 6.07) is 21.8. The van der Waals surface area contributed by atoms with E-state index in [0.717, 1.165) is 16.5 Å². The maximum atomic E-state index is 13.6. The molecule has 4 rings (SSSR count). The molecule has 0 aliphatic rings. The molecule has 1 heterocycles. The summed E-state index contributed by atoms with van der Waals surface area (Å²) in [6.45, 7) is -0.317. The lowest BCUT2D eigenvalue weighted by atomic mass is 10.0. The molecule has 1 N–H and O–H groups in total. The van der Waals surface area contributed by atoms with E-state index in [0.29, 0.717) is 11.3 Å². The normalized spacial score (nSPS) is 10.7. The van der Waals surface area contributed by atoms with Gasteiger partial charge in [0.2, 0.25) is 0 Å². The smallest absolute Gasteiger partial charge is 0.336 e. The largest absolute Gasteiger partial charge is 0.484 e. The molecule has 0 aliphatic heterocycles. The summed E-state index contributed by atoms with van der Waals surface area (Å²) in [5.41, 5.74) is 1.59. The average Bonchev–Trinajstić information content (AvgIpc) is 2.73. The van der Waals surface area contributed by atoms with Crippen molar-refractivity contribution in [2.75, 3.05) is 11.9 Å². The second-order valence-corrected chi connectivity index (χ2v) is 6.32. The number of fused-ring (bicyclic) bond motifs is 1. The molecule has 0 radical (unpaired) electrons. The second-order valence-electron chi connectivity index (χ2n) is 6.32. The molecular weight excluding hydrogens is 373 g/mol. The molecule has 29 heavy (non-hydrogen) atoms. The van der Waals surface area contributed by atoms with Crippen LogP contribution in [0, 0.1) is 5.82 Å². The highest BCUT2D eigenvalue weighted by atomic mass is 19.1. The Balaban J connectivity index is 1.54. The number of hydrogen-bond acceptors (Lipinski definition) is 4. The predicted octanol–water partition coefficient (Wildman–Crippen LogP) is 4.62. The molecule has 0 fully saturated rings. The number of hydrogen-bond donors (Lipinski definition) is 1. The van der Waals surface area contributed by atoms with Gasteiger partial charge in [-0.1, -0.05) is 42.5 Å². The number of para-hydroxylation sites is 1. The minimum Gasteiger partial charge on any atom is -0.484 e. The highest BCUT2D eigenvalue weighted by Gasteiger charge is 2.11. The number of anilines is 1. The quantitative estimate of drug-likeness (QED) is 0.506.